The van der Waals surface area contributed by atoms with Crippen LogP contribution in [0, 0.1) is 0 Å². The van der Waals surface area contributed by atoms with Gasteiger partial charge in [-0.25, -0.2) is 0 Å². The van der Waals surface area contributed by atoms with Crippen molar-refractivity contribution >= 4 is 33.2 Å². The molecule has 0 spiro atoms. The van der Waals surface area contributed by atoms with Crippen LogP contribution in [0.2, 0.25) is 0 Å². The lowest BCUT2D eigenvalue weighted by Crippen LogP contribution is -2.07. The number of rotatable bonds is 5. The van der Waals surface area contributed by atoms with Gasteiger partial charge in [-0.15, -0.1) is 0 Å². The largest absolute Gasteiger partial charge is 0.494 e. The SMILES string of the molecule is COc1cc(NCc2cncc(Br)c2)ccc1NC(C)=O. The minimum atomic E-state index is -0.130. The molecule has 0 atom stereocenters. The zero-order valence-corrected chi connectivity index (χ0v) is 13.4. The highest BCUT2D eigenvalue weighted by Crippen LogP contribution is 2.28. The number of hydrogen-bond donors (Lipinski definition) is 2. The van der Waals surface area contributed by atoms with Crippen LogP contribution in [0.3, 0.4) is 0 Å². The van der Waals surface area contributed by atoms with Crippen molar-refractivity contribution in [3.05, 3.63) is 46.7 Å². The highest BCUT2D eigenvalue weighted by Gasteiger charge is 2.06. The first-order valence-electron chi connectivity index (χ1n) is 6.37. The second kappa shape index (κ2) is 7.08. The first kappa shape index (κ1) is 15.3. The van der Waals surface area contributed by atoms with Crippen LogP contribution in [0.15, 0.2) is 41.1 Å². The van der Waals surface area contributed by atoms with Gasteiger partial charge in [0.05, 0.1) is 12.8 Å². The van der Waals surface area contributed by atoms with E-state index in [-0.39, 0.29) is 5.91 Å². The van der Waals surface area contributed by atoms with Crippen LogP contribution in [0.5, 0.6) is 5.75 Å². The molecule has 2 N–H and O–H groups in total. The van der Waals surface area contributed by atoms with Crippen LogP contribution >= 0.6 is 15.9 Å². The van der Waals surface area contributed by atoms with E-state index in [0.29, 0.717) is 18.0 Å². The van der Waals surface area contributed by atoms with Crippen LogP contribution in [-0.2, 0) is 11.3 Å². The Labute approximate surface area is 131 Å². The number of nitrogens with one attached hydrogen (secondary N) is 2. The van der Waals surface area contributed by atoms with Crippen molar-refractivity contribution in [3.8, 4) is 5.75 Å². The van der Waals surface area contributed by atoms with Gasteiger partial charge in [-0.05, 0) is 39.7 Å². The highest BCUT2D eigenvalue weighted by atomic mass is 79.9. The Morgan fingerprint density at radius 1 is 1.33 bits per heavy atom. The van der Waals surface area contributed by atoms with E-state index < -0.39 is 0 Å². The molecule has 0 radical (unpaired) electrons. The molecule has 0 fully saturated rings. The Kier molecular flexibility index (Phi) is 5.16. The summed E-state index contributed by atoms with van der Waals surface area (Å²) >= 11 is 3.39. The molecule has 1 aromatic heterocycles. The summed E-state index contributed by atoms with van der Waals surface area (Å²) < 4.78 is 6.23. The molecule has 0 aliphatic carbocycles. The molecule has 21 heavy (non-hydrogen) atoms. The summed E-state index contributed by atoms with van der Waals surface area (Å²) in [6.45, 7) is 2.11. The number of amides is 1. The summed E-state index contributed by atoms with van der Waals surface area (Å²) in [7, 11) is 1.57. The van der Waals surface area contributed by atoms with Gasteiger partial charge in [0.1, 0.15) is 5.75 Å². The third-order valence-electron chi connectivity index (χ3n) is 2.77. The van der Waals surface area contributed by atoms with E-state index in [1.54, 1.807) is 19.5 Å². The highest BCUT2D eigenvalue weighted by molar-refractivity contribution is 9.10. The molecule has 1 amide bonds. The maximum absolute atomic E-state index is 11.1. The first-order valence-corrected chi connectivity index (χ1v) is 7.16. The molecule has 0 aliphatic rings. The average molecular weight is 350 g/mol. The fourth-order valence-corrected chi connectivity index (χ4v) is 2.26. The summed E-state index contributed by atoms with van der Waals surface area (Å²) in [6, 6.07) is 7.54. The molecule has 6 heteroatoms. The molecular formula is C15H16BrN3O2. The van der Waals surface area contributed by atoms with Gasteiger partial charge in [0.2, 0.25) is 5.91 Å². The van der Waals surface area contributed by atoms with E-state index in [1.165, 1.54) is 6.92 Å². The second-order valence-corrected chi connectivity index (χ2v) is 5.38. The smallest absolute Gasteiger partial charge is 0.221 e. The van der Waals surface area contributed by atoms with Gasteiger partial charge in [0, 0.05) is 42.1 Å². The lowest BCUT2D eigenvalue weighted by Gasteiger charge is -2.12. The van der Waals surface area contributed by atoms with Gasteiger partial charge in [0.25, 0.3) is 0 Å². The maximum atomic E-state index is 11.1. The van der Waals surface area contributed by atoms with Crippen LogP contribution < -0.4 is 15.4 Å². The number of pyridine rings is 1. The lowest BCUT2D eigenvalue weighted by atomic mass is 10.2. The molecule has 0 saturated carbocycles. The van der Waals surface area contributed by atoms with Gasteiger partial charge in [0.15, 0.2) is 0 Å². The Hall–Kier alpha value is -2.08. The van der Waals surface area contributed by atoms with Crippen LogP contribution in [0.4, 0.5) is 11.4 Å². The van der Waals surface area contributed by atoms with E-state index >= 15 is 0 Å². The van der Waals surface area contributed by atoms with Crippen LogP contribution in [0.25, 0.3) is 0 Å². The van der Waals surface area contributed by atoms with Gasteiger partial charge in [-0.3, -0.25) is 9.78 Å². The van der Waals surface area contributed by atoms with Crippen molar-refractivity contribution in [2.45, 2.75) is 13.5 Å². The topological polar surface area (TPSA) is 63.2 Å². The molecule has 5 nitrogen and oxygen atoms in total. The number of ether oxygens (including phenoxy) is 1. The van der Waals surface area contributed by atoms with Gasteiger partial charge in [-0.2, -0.15) is 0 Å². The van der Waals surface area contributed by atoms with E-state index in [0.717, 1.165) is 15.7 Å². The number of carbonyl (C=O) groups excluding carboxylic acids is 1. The molecule has 2 rings (SSSR count). The molecule has 1 heterocycles. The number of hydrogen-bond acceptors (Lipinski definition) is 4. The fourth-order valence-electron chi connectivity index (χ4n) is 1.85. The summed E-state index contributed by atoms with van der Waals surface area (Å²) in [5.74, 6) is 0.483. The normalized spacial score (nSPS) is 10.0. The number of nitrogens with zero attached hydrogens (tertiary/aromatic N) is 1. The van der Waals surface area contributed by atoms with Crippen molar-refractivity contribution in [1.82, 2.24) is 4.98 Å². The minimum absolute atomic E-state index is 0.130. The molecule has 0 unspecified atom stereocenters. The number of aromatic nitrogens is 1. The zero-order valence-electron chi connectivity index (χ0n) is 11.8. The zero-order chi connectivity index (χ0) is 15.2. The Bertz CT molecular complexity index is 647. The predicted octanol–water partition coefficient (Wildman–Crippen LogP) is 3.42. The third kappa shape index (κ3) is 4.46. The monoisotopic (exact) mass is 349 g/mol. The summed E-state index contributed by atoms with van der Waals surface area (Å²) in [5.41, 5.74) is 2.62. The predicted molar refractivity (Wildman–Crippen MR) is 86.6 cm³/mol. The van der Waals surface area contributed by atoms with E-state index in [2.05, 4.69) is 31.5 Å². The molecule has 0 bridgehead atoms. The number of benzene rings is 1. The summed E-state index contributed by atoms with van der Waals surface area (Å²) in [6.07, 6.45) is 3.55. The third-order valence-corrected chi connectivity index (χ3v) is 3.20. The molecule has 1 aromatic carbocycles. The quantitative estimate of drug-likeness (QED) is 0.867. The molecule has 110 valence electrons. The lowest BCUT2D eigenvalue weighted by molar-refractivity contribution is -0.114. The van der Waals surface area contributed by atoms with Crippen molar-refractivity contribution in [2.24, 2.45) is 0 Å². The number of carbonyl (C=O) groups is 1. The van der Waals surface area contributed by atoms with Gasteiger partial charge >= 0.3 is 0 Å². The van der Waals surface area contributed by atoms with E-state index in [1.807, 2.05) is 24.3 Å². The van der Waals surface area contributed by atoms with Crippen molar-refractivity contribution in [2.75, 3.05) is 17.7 Å². The average Bonchev–Trinajstić information content (AvgIpc) is 2.45. The van der Waals surface area contributed by atoms with E-state index in [4.69, 9.17) is 4.74 Å². The Morgan fingerprint density at radius 2 is 2.14 bits per heavy atom. The molecular weight excluding hydrogens is 334 g/mol. The maximum Gasteiger partial charge on any atom is 0.221 e. The number of anilines is 2. The van der Waals surface area contributed by atoms with Gasteiger partial charge in [-0.1, -0.05) is 0 Å². The van der Waals surface area contributed by atoms with Crippen molar-refractivity contribution in [1.29, 1.82) is 0 Å². The summed E-state index contributed by atoms with van der Waals surface area (Å²) in [5, 5.41) is 6.01. The molecule has 0 saturated heterocycles. The van der Waals surface area contributed by atoms with Crippen LogP contribution in [-0.4, -0.2) is 18.0 Å². The van der Waals surface area contributed by atoms with E-state index in [9.17, 15) is 4.79 Å². The Balaban J connectivity index is 2.08. The first-order chi connectivity index (χ1) is 10.1. The number of methoxy groups -OCH3 is 1. The standard InChI is InChI=1S/C15H16BrN3O2/c1-10(20)19-14-4-3-13(6-15(14)21-2)18-8-11-5-12(16)9-17-7-11/h3-7,9,18H,8H2,1-2H3,(H,19,20). The second-order valence-electron chi connectivity index (χ2n) is 4.46. The van der Waals surface area contributed by atoms with Crippen molar-refractivity contribution < 1.29 is 9.53 Å². The molecule has 0 aliphatic heterocycles. The molecule has 2 aromatic rings. The van der Waals surface area contributed by atoms with Crippen LogP contribution in [0.1, 0.15) is 12.5 Å². The van der Waals surface area contributed by atoms with Gasteiger partial charge < -0.3 is 15.4 Å². The summed E-state index contributed by atoms with van der Waals surface area (Å²) in [4.78, 5) is 15.2. The number of halogens is 1. The minimum Gasteiger partial charge on any atom is -0.494 e. The van der Waals surface area contributed by atoms with Crippen molar-refractivity contribution in [3.63, 3.8) is 0 Å². The Morgan fingerprint density at radius 3 is 2.81 bits per heavy atom. The fraction of sp³-hybridized carbons (Fsp3) is 0.200.